The summed E-state index contributed by atoms with van der Waals surface area (Å²) in [5, 5.41) is 25.5. The minimum atomic E-state index is -1.92. The maximum atomic E-state index is 11.4. The van der Waals surface area contributed by atoms with Gasteiger partial charge in [0.1, 0.15) is 5.92 Å². The highest BCUT2D eigenvalue weighted by molar-refractivity contribution is 7.44. The van der Waals surface area contributed by atoms with Crippen LogP contribution in [0.25, 0.3) is 0 Å². The number of carboxylic acids is 3. The minimum Gasteiger partial charge on any atom is -0.481 e. The van der Waals surface area contributed by atoms with Crippen molar-refractivity contribution < 1.29 is 34.3 Å². The van der Waals surface area contributed by atoms with Crippen molar-refractivity contribution in [1.29, 1.82) is 0 Å². The van der Waals surface area contributed by atoms with E-state index in [-0.39, 0.29) is 31.6 Å². The molecule has 0 heterocycles. The molecule has 3 N–H and O–H groups in total. The zero-order chi connectivity index (χ0) is 13.4. The van der Waals surface area contributed by atoms with E-state index in [0.717, 1.165) is 0 Å². The lowest BCUT2D eigenvalue weighted by Gasteiger charge is -2.04. The molecule has 0 aliphatic rings. The molecule has 7 nitrogen and oxygen atoms in total. The predicted octanol–water partition coefficient (Wildman–Crippen LogP) is 0.854. The van der Waals surface area contributed by atoms with Crippen molar-refractivity contribution >= 4 is 25.7 Å². The second-order valence-electron chi connectivity index (χ2n) is 3.50. The lowest BCUT2D eigenvalue weighted by molar-refractivity contribution is -0.142. The Bertz CT molecular complexity index is 325. The van der Waals surface area contributed by atoms with Gasteiger partial charge in [-0.1, -0.05) is 4.57 Å². The van der Waals surface area contributed by atoms with E-state index in [1.54, 1.807) is 0 Å². The summed E-state index contributed by atoms with van der Waals surface area (Å²) in [6, 6.07) is 0. The van der Waals surface area contributed by atoms with Crippen molar-refractivity contribution in [3.05, 3.63) is 0 Å². The van der Waals surface area contributed by atoms with Crippen molar-refractivity contribution in [2.45, 2.75) is 19.3 Å². The Hall–Kier alpha value is -1.49. The summed E-state index contributed by atoms with van der Waals surface area (Å²) in [7, 11) is -1.92. The standard InChI is InChI=1S/C9H13O7P/c10-7(11)2-1-6(9(14)15)5-17(16)4-3-8(12)13/h6H,1-5H2,(H2-,10,11,12,13,14,15)/p+1. The van der Waals surface area contributed by atoms with E-state index >= 15 is 0 Å². The van der Waals surface area contributed by atoms with Gasteiger partial charge >= 0.3 is 25.7 Å². The average molecular weight is 265 g/mol. The molecular weight excluding hydrogens is 251 g/mol. The molecule has 96 valence electrons. The van der Waals surface area contributed by atoms with Gasteiger partial charge < -0.3 is 15.3 Å². The van der Waals surface area contributed by atoms with Crippen LogP contribution < -0.4 is 0 Å². The Morgan fingerprint density at radius 3 is 1.94 bits per heavy atom. The SMILES string of the molecule is O=C(O)CCC(C[P+](=O)CCC(=O)O)C(=O)O. The molecule has 2 atom stereocenters. The number of carbonyl (C=O) groups is 3. The lowest BCUT2D eigenvalue weighted by atomic mass is 10.1. The third-order valence-electron chi connectivity index (χ3n) is 2.05. The van der Waals surface area contributed by atoms with Gasteiger partial charge in [-0.15, -0.1) is 0 Å². The van der Waals surface area contributed by atoms with Gasteiger partial charge in [0.15, 0.2) is 12.3 Å². The third kappa shape index (κ3) is 8.33. The van der Waals surface area contributed by atoms with Crippen LogP contribution in [-0.2, 0) is 18.9 Å². The van der Waals surface area contributed by atoms with E-state index in [4.69, 9.17) is 15.3 Å². The second kappa shape index (κ2) is 7.73. The van der Waals surface area contributed by atoms with Gasteiger partial charge in [0, 0.05) is 6.42 Å². The van der Waals surface area contributed by atoms with Crippen molar-refractivity contribution in [1.82, 2.24) is 0 Å². The smallest absolute Gasteiger partial charge is 0.340 e. The maximum Gasteiger partial charge on any atom is 0.340 e. The molecule has 17 heavy (non-hydrogen) atoms. The topological polar surface area (TPSA) is 129 Å². The highest BCUT2D eigenvalue weighted by atomic mass is 31.1. The fourth-order valence-electron chi connectivity index (χ4n) is 1.15. The number of rotatable bonds is 9. The molecule has 0 radical (unpaired) electrons. The van der Waals surface area contributed by atoms with E-state index < -0.39 is 31.6 Å². The van der Waals surface area contributed by atoms with Crippen LogP contribution >= 0.6 is 7.80 Å². The molecule has 0 aliphatic heterocycles. The number of hydrogen-bond donors (Lipinski definition) is 3. The van der Waals surface area contributed by atoms with Crippen molar-refractivity contribution in [3.63, 3.8) is 0 Å². The summed E-state index contributed by atoms with van der Waals surface area (Å²) in [6.45, 7) is 0. The summed E-state index contributed by atoms with van der Waals surface area (Å²) >= 11 is 0. The Balaban J connectivity index is 4.15. The van der Waals surface area contributed by atoms with Crippen molar-refractivity contribution in [2.75, 3.05) is 12.3 Å². The molecule has 0 aromatic rings. The molecule has 2 unspecified atom stereocenters. The highest BCUT2D eigenvalue weighted by Crippen LogP contribution is 2.27. The van der Waals surface area contributed by atoms with Gasteiger partial charge in [-0.3, -0.25) is 14.4 Å². The molecule has 0 rings (SSSR count). The van der Waals surface area contributed by atoms with Crippen LogP contribution in [0.15, 0.2) is 0 Å². The number of hydrogen-bond acceptors (Lipinski definition) is 4. The van der Waals surface area contributed by atoms with E-state index in [1.807, 2.05) is 0 Å². The number of carboxylic acid groups (broad SMARTS) is 3. The normalized spacial score (nSPS) is 12.8. The van der Waals surface area contributed by atoms with Crippen molar-refractivity contribution in [2.24, 2.45) is 5.92 Å². The zero-order valence-electron chi connectivity index (χ0n) is 9.03. The monoisotopic (exact) mass is 265 g/mol. The fourth-order valence-corrected chi connectivity index (χ4v) is 2.60. The Morgan fingerprint density at radius 1 is 1.00 bits per heavy atom. The average Bonchev–Trinajstić information content (AvgIpc) is 2.20. The molecular formula is C9H14O7P+. The van der Waals surface area contributed by atoms with Crippen molar-refractivity contribution in [3.8, 4) is 0 Å². The highest BCUT2D eigenvalue weighted by Gasteiger charge is 2.29. The van der Waals surface area contributed by atoms with E-state index in [2.05, 4.69) is 0 Å². The molecule has 0 amide bonds. The van der Waals surface area contributed by atoms with Crippen LogP contribution in [0.3, 0.4) is 0 Å². The first-order valence-electron chi connectivity index (χ1n) is 4.91. The second-order valence-corrected chi connectivity index (χ2v) is 5.28. The predicted molar refractivity (Wildman–Crippen MR) is 57.6 cm³/mol. The van der Waals surface area contributed by atoms with Crippen LogP contribution in [0.2, 0.25) is 0 Å². The van der Waals surface area contributed by atoms with E-state index in [0.29, 0.717) is 0 Å². The molecule has 0 aromatic carbocycles. The van der Waals surface area contributed by atoms with Gasteiger partial charge in [-0.25, -0.2) is 0 Å². The van der Waals surface area contributed by atoms with Crippen LogP contribution in [0, 0.1) is 5.92 Å². The largest absolute Gasteiger partial charge is 0.481 e. The fraction of sp³-hybridized carbons (Fsp3) is 0.667. The Kier molecular flexibility index (Phi) is 7.05. The summed E-state index contributed by atoms with van der Waals surface area (Å²) in [5.74, 6) is -4.41. The van der Waals surface area contributed by atoms with Crippen LogP contribution in [0.5, 0.6) is 0 Å². The summed E-state index contributed by atoms with van der Waals surface area (Å²) in [5.41, 5.74) is 0. The van der Waals surface area contributed by atoms with E-state index in [1.165, 1.54) is 0 Å². The quantitative estimate of drug-likeness (QED) is 0.527. The summed E-state index contributed by atoms with van der Waals surface area (Å²) in [6.07, 6.45) is -0.939. The van der Waals surface area contributed by atoms with Crippen LogP contribution in [0.4, 0.5) is 0 Å². The third-order valence-corrected chi connectivity index (χ3v) is 3.63. The molecule has 0 aromatic heterocycles. The summed E-state index contributed by atoms with van der Waals surface area (Å²) < 4.78 is 11.4. The molecule has 0 spiro atoms. The molecule has 0 saturated carbocycles. The van der Waals surface area contributed by atoms with Crippen LogP contribution in [-0.4, -0.2) is 45.6 Å². The first kappa shape index (κ1) is 15.5. The maximum absolute atomic E-state index is 11.4. The minimum absolute atomic E-state index is 0.0818. The summed E-state index contributed by atoms with van der Waals surface area (Å²) in [4.78, 5) is 31.2. The van der Waals surface area contributed by atoms with Crippen LogP contribution in [0.1, 0.15) is 19.3 Å². The Morgan fingerprint density at radius 2 is 1.53 bits per heavy atom. The van der Waals surface area contributed by atoms with Gasteiger partial charge in [-0.05, 0) is 6.42 Å². The van der Waals surface area contributed by atoms with Gasteiger partial charge in [0.25, 0.3) is 0 Å². The molecule has 0 saturated heterocycles. The van der Waals surface area contributed by atoms with E-state index in [9.17, 15) is 18.9 Å². The molecule has 0 bridgehead atoms. The van der Waals surface area contributed by atoms with Gasteiger partial charge in [0.05, 0.1) is 6.42 Å². The van der Waals surface area contributed by atoms with Gasteiger partial charge in [-0.2, -0.15) is 0 Å². The Labute approximate surface area is 98.2 Å². The lowest BCUT2D eigenvalue weighted by Crippen LogP contribution is -2.18. The molecule has 0 fully saturated rings. The van der Waals surface area contributed by atoms with Gasteiger partial charge in [0.2, 0.25) is 0 Å². The first-order valence-corrected chi connectivity index (χ1v) is 6.54. The molecule has 8 heteroatoms. The molecule has 0 aliphatic carbocycles. The first-order chi connectivity index (χ1) is 7.82. The number of aliphatic carboxylic acids is 3. The zero-order valence-corrected chi connectivity index (χ0v) is 9.93.